The first-order valence-electron chi connectivity index (χ1n) is 7.14. The summed E-state index contributed by atoms with van der Waals surface area (Å²) < 4.78 is 28.3. The van der Waals surface area contributed by atoms with Crippen molar-refractivity contribution in [3.8, 4) is 5.69 Å². The van der Waals surface area contributed by atoms with E-state index in [1.54, 1.807) is 25.1 Å². The van der Waals surface area contributed by atoms with Gasteiger partial charge in [-0.3, -0.25) is 0 Å². The predicted molar refractivity (Wildman–Crippen MR) is 86.4 cm³/mol. The minimum Gasteiger partial charge on any atom is -0.351 e. The van der Waals surface area contributed by atoms with E-state index in [2.05, 4.69) is 5.10 Å². The Morgan fingerprint density at radius 2 is 1.79 bits per heavy atom. The number of primary amides is 1. The van der Waals surface area contributed by atoms with Crippen LogP contribution in [-0.4, -0.2) is 15.8 Å². The number of hydrogen-bond acceptors (Lipinski definition) is 2. The van der Waals surface area contributed by atoms with Gasteiger partial charge in [0.05, 0.1) is 17.1 Å². The van der Waals surface area contributed by atoms with Gasteiger partial charge in [0.1, 0.15) is 5.82 Å². The fraction of sp³-hybridized carbons (Fsp3) is 0.0588. The third-order valence-corrected chi connectivity index (χ3v) is 3.42. The van der Waals surface area contributed by atoms with Crippen LogP contribution in [0.3, 0.4) is 0 Å². The average Bonchev–Trinajstić information content (AvgIpc) is 2.93. The molecule has 0 aliphatic heterocycles. The van der Waals surface area contributed by atoms with E-state index in [9.17, 15) is 13.6 Å². The lowest BCUT2D eigenvalue weighted by atomic mass is 10.2. The quantitative estimate of drug-likeness (QED) is 0.797. The normalized spacial score (nSPS) is 10.6. The number of aryl methyl sites for hydroxylation is 1. The molecule has 24 heavy (non-hydrogen) atoms. The number of carbonyl (C=O) groups is 1. The van der Waals surface area contributed by atoms with Gasteiger partial charge >= 0.3 is 6.03 Å². The molecule has 2 amide bonds. The Kier molecular flexibility index (Phi) is 3.99. The van der Waals surface area contributed by atoms with Crippen LogP contribution < -0.4 is 10.6 Å². The molecule has 2 N–H and O–H groups in total. The molecule has 0 aliphatic carbocycles. The zero-order valence-electron chi connectivity index (χ0n) is 12.8. The zero-order valence-corrected chi connectivity index (χ0v) is 12.8. The van der Waals surface area contributed by atoms with E-state index in [1.807, 2.05) is 18.2 Å². The number of anilines is 2. The van der Waals surface area contributed by atoms with Crippen LogP contribution in [0.15, 0.2) is 54.6 Å². The Labute approximate surface area is 136 Å². The van der Waals surface area contributed by atoms with Gasteiger partial charge in [0.25, 0.3) is 0 Å². The third kappa shape index (κ3) is 2.83. The van der Waals surface area contributed by atoms with Crippen molar-refractivity contribution in [1.29, 1.82) is 0 Å². The fourth-order valence-electron chi connectivity index (χ4n) is 2.40. The van der Waals surface area contributed by atoms with Crippen molar-refractivity contribution in [3.05, 3.63) is 71.9 Å². The summed E-state index contributed by atoms with van der Waals surface area (Å²) in [5.74, 6) is -1.74. The van der Waals surface area contributed by atoms with Crippen LogP contribution in [0.4, 0.5) is 25.1 Å². The Bertz CT molecular complexity index is 893. The lowest BCUT2D eigenvalue weighted by Gasteiger charge is -2.21. The van der Waals surface area contributed by atoms with Gasteiger partial charge in [-0.1, -0.05) is 18.2 Å². The number of nitrogens with zero attached hydrogens (tertiary/aromatic N) is 3. The lowest BCUT2D eigenvalue weighted by molar-refractivity contribution is 0.256. The maximum absolute atomic E-state index is 13.6. The van der Waals surface area contributed by atoms with Gasteiger partial charge in [-0.2, -0.15) is 5.10 Å². The molecule has 2 aromatic carbocycles. The van der Waals surface area contributed by atoms with Crippen molar-refractivity contribution in [1.82, 2.24) is 9.78 Å². The molecule has 0 unspecified atom stereocenters. The first kappa shape index (κ1) is 15.7. The summed E-state index contributed by atoms with van der Waals surface area (Å²) in [4.78, 5) is 13.1. The largest absolute Gasteiger partial charge is 0.351 e. The van der Waals surface area contributed by atoms with Crippen LogP contribution in [0.1, 0.15) is 5.69 Å². The number of benzene rings is 2. The Hall–Kier alpha value is -3.22. The fourth-order valence-corrected chi connectivity index (χ4v) is 2.40. The molecule has 0 aliphatic rings. The monoisotopic (exact) mass is 328 g/mol. The van der Waals surface area contributed by atoms with Crippen LogP contribution in [-0.2, 0) is 0 Å². The zero-order chi connectivity index (χ0) is 17.3. The highest BCUT2D eigenvalue weighted by Gasteiger charge is 2.22. The van der Waals surface area contributed by atoms with E-state index in [4.69, 9.17) is 5.73 Å². The van der Waals surface area contributed by atoms with Crippen molar-refractivity contribution in [2.24, 2.45) is 5.73 Å². The summed E-state index contributed by atoms with van der Waals surface area (Å²) in [5.41, 5.74) is 6.93. The van der Waals surface area contributed by atoms with Crippen molar-refractivity contribution in [2.75, 3.05) is 4.90 Å². The lowest BCUT2D eigenvalue weighted by Crippen LogP contribution is -2.33. The Morgan fingerprint density at radius 1 is 1.08 bits per heavy atom. The van der Waals surface area contributed by atoms with Crippen LogP contribution in [0.25, 0.3) is 5.69 Å². The van der Waals surface area contributed by atoms with Crippen LogP contribution in [0, 0.1) is 18.6 Å². The molecule has 7 heteroatoms. The number of para-hydroxylation sites is 1. The van der Waals surface area contributed by atoms with Crippen molar-refractivity contribution in [2.45, 2.75) is 6.92 Å². The number of nitrogens with two attached hydrogens (primary N) is 1. The van der Waals surface area contributed by atoms with Gasteiger partial charge in [-0.25, -0.2) is 23.2 Å². The molecule has 0 fully saturated rings. The number of aromatic nitrogens is 2. The summed E-state index contributed by atoms with van der Waals surface area (Å²) in [7, 11) is 0. The Balaban J connectivity index is 2.17. The standard InChI is InChI=1S/C17H14F2N4O/c1-11-9-16(23(21-11)12-5-3-2-4-6-12)22(17(20)24)13-7-8-14(18)15(19)10-13/h2-10H,1H3,(H2,20,24). The molecule has 1 heterocycles. The molecular weight excluding hydrogens is 314 g/mol. The predicted octanol–water partition coefficient (Wildman–Crippen LogP) is 3.68. The summed E-state index contributed by atoms with van der Waals surface area (Å²) in [5, 5.41) is 4.35. The SMILES string of the molecule is Cc1cc(N(C(N)=O)c2ccc(F)c(F)c2)n(-c2ccccc2)n1. The highest BCUT2D eigenvalue weighted by atomic mass is 19.2. The van der Waals surface area contributed by atoms with E-state index >= 15 is 0 Å². The second-order valence-corrected chi connectivity index (χ2v) is 5.16. The van der Waals surface area contributed by atoms with E-state index in [-0.39, 0.29) is 5.69 Å². The third-order valence-electron chi connectivity index (χ3n) is 3.42. The molecule has 5 nitrogen and oxygen atoms in total. The number of carbonyl (C=O) groups excluding carboxylic acids is 1. The van der Waals surface area contributed by atoms with Crippen LogP contribution in [0.2, 0.25) is 0 Å². The number of hydrogen-bond donors (Lipinski definition) is 1. The van der Waals surface area contributed by atoms with Crippen LogP contribution >= 0.6 is 0 Å². The van der Waals surface area contributed by atoms with Gasteiger partial charge in [-0.15, -0.1) is 0 Å². The molecule has 0 bridgehead atoms. The first-order valence-corrected chi connectivity index (χ1v) is 7.14. The summed E-state index contributed by atoms with van der Waals surface area (Å²) in [6.45, 7) is 1.76. The van der Waals surface area contributed by atoms with E-state index in [0.29, 0.717) is 17.2 Å². The maximum atomic E-state index is 13.6. The molecule has 0 radical (unpaired) electrons. The topological polar surface area (TPSA) is 64.2 Å². The Morgan fingerprint density at radius 3 is 2.42 bits per heavy atom. The smallest absolute Gasteiger partial charge is 0.325 e. The number of rotatable bonds is 3. The summed E-state index contributed by atoms with van der Waals surface area (Å²) >= 11 is 0. The maximum Gasteiger partial charge on any atom is 0.325 e. The van der Waals surface area contributed by atoms with Crippen LogP contribution in [0.5, 0.6) is 0 Å². The minimum atomic E-state index is -1.07. The molecule has 0 atom stereocenters. The van der Waals surface area contributed by atoms with Gasteiger partial charge in [0.2, 0.25) is 0 Å². The van der Waals surface area contributed by atoms with Crippen molar-refractivity contribution >= 4 is 17.5 Å². The first-order chi connectivity index (χ1) is 11.5. The second kappa shape index (κ2) is 6.11. The minimum absolute atomic E-state index is 0.110. The molecular formula is C17H14F2N4O. The second-order valence-electron chi connectivity index (χ2n) is 5.16. The van der Waals surface area contributed by atoms with Crippen molar-refractivity contribution in [3.63, 3.8) is 0 Å². The van der Waals surface area contributed by atoms with E-state index < -0.39 is 17.7 Å². The number of amides is 2. The van der Waals surface area contributed by atoms with Crippen molar-refractivity contribution < 1.29 is 13.6 Å². The highest BCUT2D eigenvalue weighted by molar-refractivity contribution is 5.97. The molecule has 3 aromatic rings. The molecule has 1 aromatic heterocycles. The van der Waals surface area contributed by atoms with E-state index in [0.717, 1.165) is 17.0 Å². The summed E-state index contributed by atoms with van der Waals surface area (Å²) in [6, 6.07) is 13.0. The molecule has 0 saturated heterocycles. The summed E-state index contributed by atoms with van der Waals surface area (Å²) in [6.07, 6.45) is 0. The highest BCUT2D eigenvalue weighted by Crippen LogP contribution is 2.29. The molecule has 122 valence electrons. The van der Waals surface area contributed by atoms with E-state index in [1.165, 1.54) is 10.7 Å². The van der Waals surface area contributed by atoms with Gasteiger partial charge in [0.15, 0.2) is 11.6 Å². The molecule has 0 spiro atoms. The molecule has 3 rings (SSSR count). The van der Waals surface area contributed by atoms with Gasteiger partial charge < -0.3 is 5.73 Å². The molecule has 0 saturated carbocycles. The average molecular weight is 328 g/mol. The number of urea groups is 1. The number of halogens is 2. The van der Waals surface area contributed by atoms with Gasteiger partial charge in [0, 0.05) is 12.1 Å². The van der Waals surface area contributed by atoms with Gasteiger partial charge in [-0.05, 0) is 31.2 Å².